The van der Waals surface area contributed by atoms with Crippen LogP contribution in [0.3, 0.4) is 0 Å². The highest BCUT2D eigenvalue weighted by Crippen LogP contribution is 2.41. The van der Waals surface area contributed by atoms with Crippen molar-refractivity contribution in [2.24, 2.45) is 13.0 Å². The number of benzene rings is 1. The Bertz CT molecular complexity index is 1220. The highest BCUT2D eigenvalue weighted by atomic mass is 19.4. The Balaban J connectivity index is 1.69. The molecule has 1 aliphatic carbocycles. The van der Waals surface area contributed by atoms with Gasteiger partial charge in [0.2, 0.25) is 0 Å². The minimum Gasteiger partial charge on any atom is -0.494 e. The third-order valence-corrected chi connectivity index (χ3v) is 5.61. The minimum absolute atomic E-state index is 0.00859. The summed E-state index contributed by atoms with van der Waals surface area (Å²) in [6.45, 7) is -0.474. The van der Waals surface area contributed by atoms with Gasteiger partial charge in [-0.25, -0.2) is 4.39 Å². The fourth-order valence-corrected chi connectivity index (χ4v) is 3.83. The summed E-state index contributed by atoms with van der Waals surface area (Å²) < 4.78 is 60.3. The van der Waals surface area contributed by atoms with Crippen LogP contribution in [0.4, 0.5) is 17.6 Å². The molecule has 7 nitrogen and oxygen atoms in total. The van der Waals surface area contributed by atoms with Crippen LogP contribution in [0.15, 0.2) is 36.7 Å². The first kappa shape index (κ1) is 23.7. The van der Waals surface area contributed by atoms with Gasteiger partial charge in [0.05, 0.1) is 31.6 Å². The molecule has 1 aromatic carbocycles. The number of aryl methyl sites for hydroxylation is 1. The van der Waals surface area contributed by atoms with E-state index in [9.17, 15) is 27.5 Å². The summed E-state index contributed by atoms with van der Waals surface area (Å²) in [5.41, 5.74) is -0.443. The number of amides is 1. The maximum atomic E-state index is 13.8. The third kappa shape index (κ3) is 4.89. The molecule has 0 radical (unpaired) electrons. The number of carbonyl (C=O) groups is 1. The van der Waals surface area contributed by atoms with E-state index in [0.717, 1.165) is 23.7 Å². The average molecular weight is 478 g/mol. The van der Waals surface area contributed by atoms with Crippen LogP contribution in [-0.4, -0.2) is 32.9 Å². The SMILES string of the molecule is COc1cc(C(NC(=O)c2cc(CO)cc(-c3cn(C)nc3C(F)(F)F)c2)C2CC2)ncc1F. The van der Waals surface area contributed by atoms with E-state index in [1.165, 1.54) is 44.6 Å². The quantitative estimate of drug-likeness (QED) is 0.501. The lowest BCUT2D eigenvalue weighted by Gasteiger charge is -2.19. The van der Waals surface area contributed by atoms with Crippen molar-refractivity contribution in [3.05, 3.63) is 65.0 Å². The molecular formula is C23H22F4N4O3. The van der Waals surface area contributed by atoms with Crippen LogP contribution in [-0.2, 0) is 19.8 Å². The standard InChI is InChI=1S/C23H22F4N4O3/c1-31-10-16(21(30-31)23(25,26)27)14-5-12(11-32)6-15(7-14)22(33)29-20(13-3-4-13)18-8-19(34-2)17(24)9-28-18/h5-10,13,20,32H,3-4,11H2,1-2H3,(H,29,33). The van der Waals surface area contributed by atoms with Crippen LogP contribution in [0.25, 0.3) is 11.1 Å². The number of methoxy groups -OCH3 is 1. The van der Waals surface area contributed by atoms with E-state index in [2.05, 4.69) is 15.4 Å². The maximum Gasteiger partial charge on any atom is 0.435 e. The number of halogens is 4. The predicted molar refractivity (Wildman–Crippen MR) is 113 cm³/mol. The van der Waals surface area contributed by atoms with E-state index in [1.807, 2.05) is 0 Å². The van der Waals surface area contributed by atoms with Crippen molar-refractivity contribution in [2.75, 3.05) is 7.11 Å². The molecule has 1 aliphatic rings. The molecular weight excluding hydrogens is 456 g/mol. The van der Waals surface area contributed by atoms with Crippen LogP contribution in [0.1, 0.15) is 46.2 Å². The van der Waals surface area contributed by atoms with Gasteiger partial charge in [-0.1, -0.05) is 0 Å². The molecule has 34 heavy (non-hydrogen) atoms. The summed E-state index contributed by atoms with van der Waals surface area (Å²) in [7, 11) is 2.69. The van der Waals surface area contributed by atoms with Gasteiger partial charge in [-0.3, -0.25) is 14.5 Å². The Morgan fingerprint density at radius 3 is 2.65 bits per heavy atom. The first-order chi connectivity index (χ1) is 16.1. The van der Waals surface area contributed by atoms with E-state index in [0.29, 0.717) is 5.69 Å². The molecule has 0 saturated heterocycles. The summed E-state index contributed by atoms with van der Waals surface area (Å²) in [4.78, 5) is 17.2. The average Bonchev–Trinajstić information content (AvgIpc) is 3.56. The zero-order valence-electron chi connectivity index (χ0n) is 18.4. The van der Waals surface area contributed by atoms with Gasteiger partial charge in [-0.05, 0) is 48.1 Å². The number of carbonyl (C=O) groups excluding carboxylic acids is 1. The molecule has 3 aromatic rings. The lowest BCUT2D eigenvalue weighted by atomic mass is 9.99. The van der Waals surface area contributed by atoms with E-state index in [4.69, 9.17) is 4.74 Å². The highest BCUT2D eigenvalue weighted by Gasteiger charge is 2.38. The highest BCUT2D eigenvalue weighted by molar-refractivity contribution is 5.96. The summed E-state index contributed by atoms with van der Waals surface area (Å²) >= 11 is 0. The van der Waals surface area contributed by atoms with Crippen molar-refractivity contribution in [1.82, 2.24) is 20.1 Å². The summed E-state index contributed by atoms with van der Waals surface area (Å²) in [6, 6.07) is 4.99. The zero-order chi connectivity index (χ0) is 24.6. The molecule has 1 saturated carbocycles. The number of aliphatic hydroxyl groups is 1. The van der Waals surface area contributed by atoms with E-state index < -0.39 is 36.2 Å². The topological polar surface area (TPSA) is 89.3 Å². The Labute approximate surface area is 192 Å². The Morgan fingerprint density at radius 2 is 2.03 bits per heavy atom. The first-order valence-electron chi connectivity index (χ1n) is 10.5. The summed E-state index contributed by atoms with van der Waals surface area (Å²) in [5, 5.41) is 16.0. The van der Waals surface area contributed by atoms with Crippen LogP contribution in [0.5, 0.6) is 5.75 Å². The molecule has 0 bridgehead atoms. The smallest absolute Gasteiger partial charge is 0.435 e. The molecule has 0 spiro atoms. The molecule has 11 heteroatoms. The van der Waals surface area contributed by atoms with Gasteiger partial charge in [0.15, 0.2) is 17.3 Å². The molecule has 2 N–H and O–H groups in total. The van der Waals surface area contributed by atoms with Gasteiger partial charge in [-0.15, -0.1) is 0 Å². The van der Waals surface area contributed by atoms with E-state index >= 15 is 0 Å². The Kier molecular flexibility index (Phi) is 6.30. The lowest BCUT2D eigenvalue weighted by Crippen LogP contribution is -2.30. The molecule has 1 amide bonds. The van der Waals surface area contributed by atoms with Crippen LogP contribution < -0.4 is 10.1 Å². The Hall–Kier alpha value is -3.47. The second kappa shape index (κ2) is 9.05. The fraction of sp³-hybridized carbons (Fsp3) is 0.348. The largest absolute Gasteiger partial charge is 0.494 e. The van der Waals surface area contributed by atoms with E-state index in [-0.39, 0.29) is 33.9 Å². The van der Waals surface area contributed by atoms with Gasteiger partial charge in [-0.2, -0.15) is 18.3 Å². The van der Waals surface area contributed by atoms with Crippen molar-refractivity contribution in [2.45, 2.75) is 31.7 Å². The number of nitrogens with zero attached hydrogens (tertiary/aromatic N) is 3. The zero-order valence-corrected chi connectivity index (χ0v) is 18.4. The second-order valence-corrected chi connectivity index (χ2v) is 8.17. The molecule has 1 fully saturated rings. The maximum absolute atomic E-state index is 13.8. The van der Waals surface area contributed by atoms with Gasteiger partial charge in [0.1, 0.15) is 0 Å². The third-order valence-electron chi connectivity index (χ3n) is 5.61. The number of alkyl halides is 3. The number of nitrogens with one attached hydrogen (secondary N) is 1. The number of ether oxygens (including phenoxy) is 1. The lowest BCUT2D eigenvalue weighted by molar-refractivity contribution is -0.140. The van der Waals surface area contributed by atoms with Crippen molar-refractivity contribution in [3.8, 4) is 16.9 Å². The minimum atomic E-state index is -4.70. The molecule has 1 unspecified atom stereocenters. The van der Waals surface area contributed by atoms with Crippen molar-refractivity contribution >= 4 is 5.91 Å². The number of hydrogen-bond donors (Lipinski definition) is 2. The van der Waals surface area contributed by atoms with Gasteiger partial charge in [0, 0.05) is 30.4 Å². The van der Waals surface area contributed by atoms with Gasteiger partial charge < -0.3 is 15.2 Å². The van der Waals surface area contributed by atoms with Crippen LogP contribution in [0.2, 0.25) is 0 Å². The second-order valence-electron chi connectivity index (χ2n) is 8.17. The molecule has 2 heterocycles. The molecule has 2 aromatic heterocycles. The number of aliphatic hydroxyl groups excluding tert-OH is 1. The van der Waals surface area contributed by atoms with Crippen molar-refractivity contribution in [1.29, 1.82) is 0 Å². The normalized spacial score (nSPS) is 14.7. The summed E-state index contributed by atoms with van der Waals surface area (Å²) in [5.74, 6) is -1.12. The molecule has 0 aliphatic heterocycles. The number of hydrogen-bond acceptors (Lipinski definition) is 5. The summed E-state index contributed by atoms with van der Waals surface area (Å²) in [6.07, 6.45) is -0.805. The predicted octanol–water partition coefficient (Wildman–Crippen LogP) is 4.02. The molecule has 180 valence electrons. The number of aromatic nitrogens is 3. The molecule has 4 rings (SSSR count). The van der Waals surface area contributed by atoms with Crippen molar-refractivity contribution < 1.29 is 32.2 Å². The van der Waals surface area contributed by atoms with Crippen LogP contribution in [0, 0.1) is 11.7 Å². The van der Waals surface area contributed by atoms with Crippen LogP contribution >= 0.6 is 0 Å². The number of pyridine rings is 1. The van der Waals surface area contributed by atoms with Crippen molar-refractivity contribution in [3.63, 3.8) is 0 Å². The number of rotatable bonds is 7. The Morgan fingerprint density at radius 1 is 1.29 bits per heavy atom. The fourth-order valence-electron chi connectivity index (χ4n) is 3.83. The molecule has 1 atom stereocenters. The first-order valence-corrected chi connectivity index (χ1v) is 10.5. The van der Waals surface area contributed by atoms with Gasteiger partial charge >= 0.3 is 6.18 Å². The van der Waals surface area contributed by atoms with Gasteiger partial charge in [0.25, 0.3) is 5.91 Å². The van der Waals surface area contributed by atoms with E-state index in [1.54, 1.807) is 0 Å². The monoisotopic (exact) mass is 478 g/mol.